The molecule has 0 saturated carbocycles. The van der Waals surface area contributed by atoms with E-state index in [1.165, 1.54) is 18.4 Å². The Hall–Kier alpha value is -1.13. The summed E-state index contributed by atoms with van der Waals surface area (Å²) in [6.45, 7) is 9.12. The third-order valence-corrected chi connectivity index (χ3v) is 3.86. The van der Waals surface area contributed by atoms with Crippen molar-refractivity contribution in [1.82, 2.24) is 10.3 Å². The van der Waals surface area contributed by atoms with E-state index in [4.69, 9.17) is 4.74 Å². The van der Waals surface area contributed by atoms with Crippen molar-refractivity contribution in [3.8, 4) is 0 Å². The summed E-state index contributed by atoms with van der Waals surface area (Å²) in [7, 11) is 2.11. The van der Waals surface area contributed by atoms with E-state index in [2.05, 4.69) is 55.2 Å². The average Bonchev–Trinajstić information content (AvgIpc) is 2.45. The fourth-order valence-corrected chi connectivity index (χ4v) is 2.69. The third-order valence-electron chi connectivity index (χ3n) is 3.86. The van der Waals surface area contributed by atoms with Crippen molar-refractivity contribution in [3.63, 3.8) is 0 Å². The zero-order chi connectivity index (χ0) is 15.2. The van der Waals surface area contributed by atoms with Crippen molar-refractivity contribution in [1.29, 1.82) is 0 Å². The zero-order valence-corrected chi connectivity index (χ0v) is 13.9. The second-order valence-electron chi connectivity index (χ2n) is 6.38. The molecule has 4 nitrogen and oxygen atoms in total. The van der Waals surface area contributed by atoms with Gasteiger partial charge in [-0.15, -0.1) is 0 Å². The van der Waals surface area contributed by atoms with Crippen LogP contribution in [0.4, 0.5) is 5.82 Å². The van der Waals surface area contributed by atoms with Crippen molar-refractivity contribution in [2.24, 2.45) is 0 Å². The highest BCUT2D eigenvalue weighted by atomic mass is 16.5. The molecule has 118 valence electrons. The number of nitrogens with zero attached hydrogens (tertiary/aromatic N) is 2. The summed E-state index contributed by atoms with van der Waals surface area (Å²) in [6, 6.07) is 4.84. The van der Waals surface area contributed by atoms with Crippen LogP contribution in [-0.2, 0) is 11.3 Å². The van der Waals surface area contributed by atoms with E-state index in [1.807, 2.05) is 0 Å². The Labute approximate surface area is 128 Å². The van der Waals surface area contributed by atoms with Gasteiger partial charge in [-0.3, -0.25) is 0 Å². The van der Waals surface area contributed by atoms with Crippen LogP contribution in [0.3, 0.4) is 0 Å². The lowest BCUT2D eigenvalue weighted by molar-refractivity contribution is 0.0215. The molecule has 1 saturated heterocycles. The lowest BCUT2D eigenvalue weighted by atomic mass is 10.1. The summed E-state index contributed by atoms with van der Waals surface area (Å²) in [4.78, 5) is 6.89. The number of aromatic nitrogens is 1. The molecule has 1 aliphatic heterocycles. The molecule has 2 rings (SSSR count). The van der Waals surface area contributed by atoms with Gasteiger partial charge in [-0.05, 0) is 43.9 Å². The Bertz CT molecular complexity index is 442. The third kappa shape index (κ3) is 5.29. The van der Waals surface area contributed by atoms with Gasteiger partial charge in [0.25, 0.3) is 0 Å². The van der Waals surface area contributed by atoms with Crippen LogP contribution in [0.25, 0.3) is 0 Å². The van der Waals surface area contributed by atoms with Crippen molar-refractivity contribution in [3.05, 3.63) is 23.4 Å². The van der Waals surface area contributed by atoms with Crippen molar-refractivity contribution in [2.75, 3.05) is 25.1 Å². The Balaban J connectivity index is 1.99. The summed E-state index contributed by atoms with van der Waals surface area (Å²) in [5, 5.41) is 3.47. The molecule has 1 unspecified atom stereocenters. The van der Waals surface area contributed by atoms with E-state index in [1.54, 1.807) is 0 Å². The number of aryl methyl sites for hydroxylation is 1. The van der Waals surface area contributed by atoms with E-state index in [0.717, 1.165) is 37.6 Å². The fourth-order valence-electron chi connectivity index (χ4n) is 2.69. The normalized spacial score (nSPS) is 19.0. The average molecular weight is 291 g/mol. The first kappa shape index (κ1) is 16.2. The van der Waals surface area contributed by atoms with Crippen LogP contribution in [-0.4, -0.2) is 37.3 Å². The summed E-state index contributed by atoms with van der Waals surface area (Å²) >= 11 is 0. The molecule has 0 amide bonds. The summed E-state index contributed by atoms with van der Waals surface area (Å²) < 4.78 is 5.83. The minimum absolute atomic E-state index is 0.350. The van der Waals surface area contributed by atoms with Gasteiger partial charge in [0, 0.05) is 38.5 Å². The first-order valence-corrected chi connectivity index (χ1v) is 8.08. The minimum atomic E-state index is 0.350. The number of ether oxygens (including phenoxy) is 1. The number of anilines is 1. The molecule has 0 aliphatic carbocycles. The van der Waals surface area contributed by atoms with Crippen molar-refractivity contribution < 1.29 is 4.74 Å². The molecular formula is C17H29N3O. The molecular weight excluding hydrogens is 262 g/mol. The quantitative estimate of drug-likeness (QED) is 0.874. The van der Waals surface area contributed by atoms with E-state index >= 15 is 0 Å². The highest BCUT2D eigenvalue weighted by Crippen LogP contribution is 2.18. The van der Waals surface area contributed by atoms with Crippen molar-refractivity contribution in [2.45, 2.75) is 58.7 Å². The topological polar surface area (TPSA) is 37.4 Å². The summed E-state index contributed by atoms with van der Waals surface area (Å²) in [6.07, 6.45) is 4.00. The molecule has 1 N–H and O–H groups in total. The number of likely N-dealkylation sites (N-methyl/N-ethyl adjacent to an activating group) is 1. The molecule has 1 fully saturated rings. The minimum Gasteiger partial charge on any atom is -0.376 e. The van der Waals surface area contributed by atoms with Crippen LogP contribution in [0.15, 0.2) is 12.1 Å². The SMILES string of the molecule is Cc1cc(CNC(C)C)cc(N(C)CC2CCCCO2)n1. The molecule has 0 radical (unpaired) electrons. The van der Waals surface area contributed by atoms with Crippen LogP contribution >= 0.6 is 0 Å². The van der Waals surface area contributed by atoms with Gasteiger partial charge in [0.15, 0.2) is 0 Å². The van der Waals surface area contributed by atoms with Gasteiger partial charge in [0.1, 0.15) is 5.82 Å². The van der Waals surface area contributed by atoms with Crippen LogP contribution in [0.5, 0.6) is 0 Å². The molecule has 1 aliphatic rings. The summed E-state index contributed by atoms with van der Waals surface area (Å²) in [5.74, 6) is 1.05. The number of nitrogens with one attached hydrogen (secondary N) is 1. The Morgan fingerprint density at radius 3 is 2.86 bits per heavy atom. The number of rotatable bonds is 6. The molecule has 1 aromatic heterocycles. The van der Waals surface area contributed by atoms with Crippen LogP contribution in [0.1, 0.15) is 44.4 Å². The molecule has 2 heterocycles. The predicted octanol–water partition coefficient (Wildman–Crippen LogP) is 2.89. The smallest absolute Gasteiger partial charge is 0.128 e. The Morgan fingerprint density at radius 1 is 1.38 bits per heavy atom. The van der Waals surface area contributed by atoms with E-state index in [-0.39, 0.29) is 0 Å². The lowest BCUT2D eigenvalue weighted by Gasteiger charge is -2.28. The van der Waals surface area contributed by atoms with E-state index < -0.39 is 0 Å². The molecule has 0 bridgehead atoms. The molecule has 0 spiro atoms. The predicted molar refractivity (Wildman–Crippen MR) is 87.8 cm³/mol. The Kier molecular flexibility index (Phi) is 6.00. The molecule has 1 aromatic rings. The second-order valence-corrected chi connectivity index (χ2v) is 6.38. The maximum Gasteiger partial charge on any atom is 0.128 e. The van der Waals surface area contributed by atoms with Gasteiger partial charge in [0.05, 0.1) is 6.10 Å². The highest BCUT2D eigenvalue weighted by molar-refractivity contribution is 5.42. The highest BCUT2D eigenvalue weighted by Gasteiger charge is 2.17. The molecule has 4 heteroatoms. The maximum atomic E-state index is 5.83. The van der Waals surface area contributed by atoms with Crippen LogP contribution < -0.4 is 10.2 Å². The fraction of sp³-hybridized carbons (Fsp3) is 0.706. The summed E-state index contributed by atoms with van der Waals surface area (Å²) in [5.41, 5.74) is 2.37. The van der Waals surface area contributed by atoms with Gasteiger partial charge in [0.2, 0.25) is 0 Å². The van der Waals surface area contributed by atoms with Crippen LogP contribution in [0.2, 0.25) is 0 Å². The Morgan fingerprint density at radius 2 is 2.19 bits per heavy atom. The second kappa shape index (κ2) is 7.76. The molecule has 0 aromatic carbocycles. The first-order chi connectivity index (χ1) is 10.0. The van der Waals surface area contributed by atoms with E-state index in [0.29, 0.717) is 12.1 Å². The number of pyridine rings is 1. The zero-order valence-electron chi connectivity index (χ0n) is 13.9. The van der Waals surface area contributed by atoms with Gasteiger partial charge in [-0.1, -0.05) is 13.8 Å². The van der Waals surface area contributed by atoms with Gasteiger partial charge in [-0.25, -0.2) is 4.98 Å². The van der Waals surface area contributed by atoms with Crippen LogP contribution in [0, 0.1) is 6.92 Å². The lowest BCUT2D eigenvalue weighted by Crippen LogP contribution is -2.34. The maximum absolute atomic E-state index is 5.83. The number of hydrogen-bond acceptors (Lipinski definition) is 4. The largest absolute Gasteiger partial charge is 0.376 e. The standard InChI is InChI=1S/C17H29N3O/c1-13(2)18-11-15-9-14(3)19-17(10-15)20(4)12-16-7-5-6-8-21-16/h9-10,13,16,18H,5-8,11-12H2,1-4H3. The van der Waals surface area contributed by atoms with E-state index in [9.17, 15) is 0 Å². The first-order valence-electron chi connectivity index (χ1n) is 8.08. The monoisotopic (exact) mass is 291 g/mol. The number of hydrogen-bond donors (Lipinski definition) is 1. The molecule has 21 heavy (non-hydrogen) atoms. The van der Waals surface area contributed by atoms with Crippen molar-refractivity contribution >= 4 is 5.82 Å². The van der Waals surface area contributed by atoms with Gasteiger partial charge in [-0.2, -0.15) is 0 Å². The van der Waals surface area contributed by atoms with Gasteiger partial charge < -0.3 is 15.0 Å². The molecule has 1 atom stereocenters. The van der Waals surface area contributed by atoms with Gasteiger partial charge >= 0.3 is 0 Å².